The summed E-state index contributed by atoms with van der Waals surface area (Å²) in [5.41, 5.74) is 1.13. The Labute approximate surface area is 117 Å². The van der Waals surface area contributed by atoms with Crippen LogP contribution in [0.25, 0.3) is 0 Å². The van der Waals surface area contributed by atoms with Crippen LogP contribution in [0.4, 0.5) is 5.69 Å². The molecule has 19 heavy (non-hydrogen) atoms. The first kappa shape index (κ1) is 13.7. The second-order valence-corrected chi connectivity index (χ2v) is 4.71. The number of ether oxygens (including phenoxy) is 2. The monoisotopic (exact) mass is 281 g/mol. The number of allylic oxidation sites excluding steroid dienone is 1. The van der Waals surface area contributed by atoms with Crippen molar-refractivity contribution in [2.24, 2.45) is 0 Å². The Kier molecular flexibility index (Phi) is 4.68. The standard InChI is InChI=1S/C14H16ClNO3/c1-18-14(17)12-6-5-10(15)8-13(12)16-9-11-4-2-3-7-19-11/h3,5-8,11,16H,2,4,9H2,1H3. The Morgan fingerprint density at radius 3 is 3.11 bits per heavy atom. The highest BCUT2D eigenvalue weighted by atomic mass is 35.5. The Bertz CT molecular complexity index is 488. The minimum Gasteiger partial charge on any atom is -0.497 e. The average molecular weight is 282 g/mol. The number of carbonyl (C=O) groups excluding carboxylic acids is 1. The second-order valence-electron chi connectivity index (χ2n) is 4.27. The molecule has 0 saturated carbocycles. The molecule has 1 aliphatic heterocycles. The maximum atomic E-state index is 11.6. The first-order valence-corrected chi connectivity index (χ1v) is 6.50. The van der Waals surface area contributed by atoms with Gasteiger partial charge in [0.15, 0.2) is 0 Å². The Morgan fingerprint density at radius 1 is 1.58 bits per heavy atom. The molecule has 0 spiro atoms. The summed E-state index contributed by atoms with van der Waals surface area (Å²) in [6.45, 7) is 0.620. The van der Waals surface area contributed by atoms with E-state index in [9.17, 15) is 4.79 Å². The van der Waals surface area contributed by atoms with Crippen LogP contribution in [0.5, 0.6) is 0 Å². The first-order valence-electron chi connectivity index (χ1n) is 6.13. The molecule has 1 aromatic rings. The summed E-state index contributed by atoms with van der Waals surface area (Å²) in [5, 5.41) is 3.76. The van der Waals surface area contributed by atoms with E-state index >= 15 is 0 Å². The minimum absolute atomic E-state index is 0.106. The topological polar surface area (TPSA) is 47.6 Å². The van der Waals surface area contributed by atoms with Gasteiger partial charge in [-0.3, -0.25) is 0 Å². The third-order valence-corrected chi connectivity index (χ3v) is 3.16. The third-order valence-electron chi connectivity index (χ3n) is 2.93. The lowest BCUT2D eigenvalue weighted by Gasteiger charge is -2.21. The molecule has 1 atom stereocenters. The normalized spacial score (nSPS) is 17.7. The Morgan fingerprint density at radius 2 is 2.42 bits per heavy atom. The van der Waals surface area contributed by atoms with Crippen LogP contribution in [0.1, 0.15) is 23.2 Å². The zero-order valence-electron chi connectivity index (χ0n) is 10.7. The summed E-state index contributed by atoms with van der Waals surface area (Å²) < 4.78 is 10.2. The fourth-order valence-electron chi connectivity index (χ4n) is 1.91. The lowest BCUT2D eigenvalue weighted by Crippen LogP contribution is -2.23. The SMILES string of the molecule is COC(=O)c1ccc(Cl)cc1NCC1CCC=CO1. The minimum atomic E-state index is -0.386. The summed E-state index contributed by atoms with van der Waals surface area (Å²) >= 11 is 5.95. The number of methoxy groups -OCH3 is 1. The van der Waals surface area contributed by atoms with E-state index in [-0.39, 0.29) is 12.1 Å². The molecule has 1 N–H and O–H groups in total. The van der Waals surface area contributed by atoms with Gasteiger partial charge in [0.25, 0.3) is 0 Å². The van der Waals surface area contributed by atoms with Gasteiger partial charge in [-0.05, 0) is 37.1 Å². The fraction of sp³-hybridized carbons (Fsp3) is 0.357. The molecule has 5 heteroatoms. The van der Waals surface area contributed by atoms with Gasteiger partial charge in [0.2, 0.25) is 0 Å². The lowest BCUT2D eigenvalue weighted by atomic mass is 10.1. The molecule has 1 heterocycles. The van der Waals surface area contributed by atoms with E-state index in [0.717, 1.165) is 12.8 Å². The van der Waals surface area contributed by atoms with Gasteiger partial charge in [-0.25, -0.2) is 4.79 Å². The van der Waals surface area contributed by atoms with Gasteiger partial charge in [-0.1, -0.05) is 11.6 Å². The highest BCUT2D eigenvalue weighted by Crippen LogP contribution is 2.22. The lowest BCUT2D eigenvalue weighted by molar-refractivity contribution is 0.0601. The molecular formula is C14H16ClNO3. The number of esters is 1. The number of anilines is 1. The summed E-state index contributed by atoms with van der Waals surface area (Å²) in [4.78, 5) is 11.6. The highest BCUT2D eigenvalue weighted by molar-refractivity contribution is 6.31. The molecule has 0 fully saturated rings. The third kappa shape index (κ3) is 3.64. The maximum Gasteiger partial charge on any atom is 0.339 e. The smallest absolute Gasteiger partial charge is 0.339 e. The van der Waals surface area contributed by atoms with Crippen LogP contribution in [0.15, 0.2) is 30.5 Å². The van der Waals surface area contributed by atoms with Crippen molar-refractivity contribution in [1.82, 2.24) is 0 Å². The number of hydrogen-bond donors (Lipinski definition) is 1. The Balaban J connectivity index is 2.07. The fourth-order valence-corrected chi connectivity index (χ4v) is 2.08. The molecule has 1 aromatic carbocycles. The van der Waals surface area contributed by atoms with Crippen LogP contribution in [0.2, 0.25) is 5.02 Å². The number of halogens is 1. The van der Waals surface area contributed by atoms with Gasteiger partial charge in [0.05, 0.1) is 31.2 Å². The van der Waals surface area contributed by atoms with Crippen molar-refractivity contribution in [2.45, 2.75) is 18.9 Å². The summed E-state index contributed by atoms with van der Waals surface area (Å²) in [5.74, 6) is -0.386. The Hall–Kier alpha value is -1.68. The molecule has 1 aliphatic rings. The van der Waals surface area contributed by atoms with Gasteiger partial charge in [0.1, 0.15) is 6.10 Å². The predicted molar refractivity (Wildman–Crippen MR) is 74.5 cm³/mol. The molecule has 0 amide bonds. The molecule has 0 aromatic heterocycles. The molecule has 0 saturated heterocycles. The van der Waals surface area contributed by atoms with Gasteiger partial charge in [-0.2, -0.15) is 0 Å². The van der Waals surface area contributed by atoms with E-state index in [1.807, 2.05) is 6.08 Å². The van der Waals surface area contributed by atoms with E-state index in [2.05, 4.69) is 5.32 Å². The molecule has 4 nitrogen and oxygen atoms in total. The van der Waals surface area contributed by atoms with Crippen LogP contribution in [0.3, 0.4) is 0 Å². The number of hydrogen-bond acceptors (Lipinski definition) is 4. The summed E-state index contributed by atoms with van der Waals surface area (Å²) in [7, 11) is 1.36. The average Bonchev–Trinajstić information content (AvgIpc) is 2.45. The number of nitrogens with one attached hydrogen (secondary N) is 1. The van der Waals surface area contributed by atoms with Gasteiger partial charge >= 0.3 is 5.97 Å². The van der Waals surface area contributed by atoms with E-state index in [0.29, 0.717) is 22.8 Å². The number of rotatable bonds is 4. The molecule has 0 radical (unpaired) electrons. The van der Waals surface area contributed by atoms with E-state index in [1.165, 1.54) is 7.11 Å². The predicted octanol–water partition coefficient (Wildman–Crippen LogP) is 3.23. The highest BCUT2D eigenvalue weighted by Gasteiger charge is 2.15. The number of benzene rings is 1. The van der Waals surface area contributed by atoms with Crippen molar-refractivity contribution in [2.75, 3.05) is 19.0 Å². The summed E-state index contributed by atoms with van der Waals surface area (Å²) in [6, 6.07) is 5.03. The quantitative estimate of drug-likeness (QED) is 0.861. The van der Waals surface area contributed by atoms with Crippen molar-refractivity contribution >= 4 is 23.3 Å². The van der Waals surface area contributed by atoms with Crippen molar-refractivity contribution in [3.05, 3.63) is 41.1 Å². The van der Waals surface area contributed by atoms with E-state index in [4.69, 9.17) is 21.1 Å². The maximum absolute atomic E-state index is 11.6. The zero-order chi connectivity index (χ0) is 13.7. The number of carbonyl (C=O) groups is 1. The molecule has 0 bridgehead atoms. The molecule has 0 aliphatic carbocycles. The van der Waals surface area contributed by atoms with Gasteiger partial charge in [-0.15, -0.1) is 0 Å². The second kappa shape index (κ2) is 6.48. The van der Waals surface area contributed by atoms with Crippen molar-refractivity contribution in [3.8, 4) is 0 Å². The van der Waals surface area contributed by atoms with Gasteiger partial charge in [0, 0.05) is 5.02 Å². The largest absolute Gasteiger partial charge is 0.497 e. The van der Waals surface area contributed by atoms with Crippen molar-refractivity contribution in [3.63, 3.8) is 0 Å². The zero-order valence-corrected chi connectivity index (χ0v) is 11.4. The van der Waals surface area contributed by atoms with Crippen LogP contribution >= 0.6 is 11.6 Å². The van der Waals surface area contributed by atoms with Crippen LogP contribution in [-0.2, 0) is 9.47 Å². The molecule has 2 rings (SSSR count). The van der Waals surface area contributed by atoms with E-state index < -0.39 is 0 Å². The van der Waals surface area contributed by atoms with Crippen molar-refractivity contribution in [1.29, 1.82) is 0 Å². The van der Waals surface area contributed by atoms with Gasteiger partial charge < -0.3 is 14.8 Å². The molecule has 102 valence electrons. The molecule has 1 unspecified atom stereocenters. The van der Waals surface area contributed by atoms with Crippen molar-refractivity contribution < 1.29 is 14.3 Å². The van der Waals surface area contributed by atoms with E-state index in [1.54, 1.807) is 24.5 Å². The first-order chi connectivity index (χ1) is 9.20. The summed E-state index contributed by atoms with van der Waals surface area (Å²) in [6.07, 6.45) is 5.78. The van der Waals surface area contributed by atoms with Crippen LogP contribution < -0.4 is 5.32 Å². The molecular weight excluding hydrogens is 266 g/mol. The van der Waals surface area contributed by atoms with Crippen LogP contribution in [0, 0.1) is 0 Å². The van der Waals surface area contributed by atoms with Crippen LogP contribution in [-0.4, -0.2) is 25.7 Å².